The minimum absolute atomic E-state index is 0.405. The highest BCUT2D eigenvalue weighted by molar-refractivity contribution is 5.67. The Hall–Kier alpha value is -1.19. The van der Waals surface area contributed by atoms with Gasteiger partial charge in [-0.25, -0.2) is 4.79 Å². The number of alkyl carbamates (subject to hydrolysis) is 1. The highest BCUT2D eigenvalue weighted by Gasteiger charge is 2.15. The Bertz CT molecular complexity index is 217. The van der Waals surface area contributed by atoms with Gasteiger partial charge in [-0.15, -0.1) is 0 Å². The molecule has 0 radical (unpaired) electrons. The molecule has 0 spiro atoms. The van der Waals surface area contributed by atoms with Gasteiger partial charge in [-0.05, 0) is 20.8 Å². The summed E-state index contributed by atoms with van der Waals surface area (Å²) in [4.78, 5) is 13.0. The fraction of sp³-hybridized carbons (Fsp3) is 0.700. The monoisotopic (exact) mass is 200 g/mol. The summed E-state index contributed by atoms with van der Waals surface area (Å²) < 4.78 is 5.06. The zero-order chi connectivity index (χ0) is 11.4. The number of nitrogens with zero attached hydrogens (tertiary/aromatic N) is 1. The molecule has 0 aromatic carbocycles. The van der Waals surface area contributed by atoms with Crippen molar-refractivity contribution in [1.82, 2.24) is 10.2 Å². The summed E-state index contributed by atoms with van der Waals surface area (Å²) in [6, 6.07) is 0. The molecule has 0 unspecified atom stereocenters. The zero-order valence-electron chi connectivity index (χ0n) is 9.68. The molecule has 4 nitrogen and oxygen atoms in total. The molecule has 4 heteroatoms. The average molecular weight is 200 g/mol. The lowest BCUT2D eigenvalue weighted by Gasteiger charge is -2.21. The summed E-state index contributed by atoms with van der Waals surface area (Å²) in [5.41, 5.74) is 0.375. The van der Waals surface area contributed by atoms with Crippen LogP contribution in [0.15, 0.2) is 12.3 Å². The van der Waals surface area contributed by atoms with Crippen LogP contribution >= 0.6 is 0 Å². The van der Waals surface area contributed by atoms with E-state index < -0.39 is 11.7 Å². The van der Waals surface area contributed by atoms with E-state index in [1.165, 1.54) is 0 Å². The van der Waals surface area contributed by atoms with Gasteiger partial charge in [-0.3, -0.25) is 0 Å². The first-order valence-corrected chi connectivity index (χ1v) is 4.54. The van der Waals surface area contributed by atoms with Crippen LogP contribution in [0.2, 0.25) is 0 Å². The van der Waals surface area contributed by atoms with Crippen LogP contribution in [0.1, 0.15) is 20.8 Å². The van der Waals surface area contributed by atoms with Gasteiger partial charge in [0.25, 0.3) is 0 Å². The average Bonchev–Trinajstić information content (AvgIpc) is 1.96. The molecule has 14 heavy (non-hydrogen) atoms. The van der Waals surface area contributed by atoms with Gasteiger partial charge in [-0.1, -0.05) is 6.58 Å². The fourth-order valence-electron chi connectivity index (χ4n) is 0.646. The standard InChI is InChI=1S/C10H20N2O2/c1-8(12(5)6)7-11-9(13)14-10(2,3)4/h1,7H2,2-6H3,(H,11,13). The number of carbonyl (C=O) groups is 1. The number of amides is 1. The molecule has 0 fully saturated rings. The van der Waals surface area contributed by atoms with Gasteiger partial charge in [0.2, 0.25) is 0 Å². The lowest BCUT2D eigenvalue weighted by Crippen LogP contribution is -2.35. The molecule has 0 saturated carbocycles. The number of rotatable bonds is 3. The van der Waals surface area contributed by atoms with Crippen LogP contribution in [-0.2, 0) is 4.74 Å². The highest BCUT2D eigenvalue weighted by Crippen LogP contribution is 2.06. The maximum absolute atomic E-state index is 11.2. The number of carbonyl (C=O) groups excluding carboxylic acids is 1. The molecule has 0 aromatic rings. The normalized spacial score (nSPS) is 10.6. The van der Waals surface area contributed by atoms with Crippen LogP contribution in [0.25, 0.3) is 0 Å². The molecule has 1 amide bonds. The fourth-order valence-corrected chi connectivity index (χ4v) is 0.646. The van der Waals surface area contributed by atoms with Gasteiger partial charge in [0, 0.05) is 19.8 Å². The van der Waals surface area contributed by atoms with Crippen LogP contribution < -0.4 is 5.32 Å². The molecule has 0 aliphatic heterocycles. The second-order valence-corrected chi connectivity index (χ2v) is 4.32. The summed E-state index contributed by atoms with van der Waals surface area (Å²) in [6.45, 7) is 9.66. The second kappa shape index (κ2) is 4.88. The lowest BCUT2D eigenvalue weighted by molar-refractivity contribution is 0.0530. The van der Waals surface area contributed by atoms with Crippen LogP contribution in [0.3, 0.4) is 0 Å². The Kier molecular flexibility index (Phi) is 4.47. The molecule has 0 aliphatic rings. The Morgan fingerprint density at radius 2 is 1.93 bits per heavy atom. The quantitative estimate of drug-likeness (QED) is 0.752. The van der Waals surface area contributed by atoms with E-state index in [1.807, 2.05) is 39.8 Å². The Morgan fingerprint density at radius 1 is 1.43 bits per heavy atom. The van der Waals surface area contributed by atoms with E-state index in [0.717, 1.165) is 5.70 Å². The first kappa shape index (κ1) is 12.8. The van der Waals surface area contributed by atoms with Crippen molar-refractivity contribution in [3.8, 4) is 0 Å². The van der Waals surface area contributed by atoms with Crippen molar-refractivity contribution in [2.45, 2.75) is 26.4 Å². The first-order valence-electron chi connectivity index (χ1n) is 4.54. The number of hydrogen-bond donors (Lipinski definition) is 1. The Balaban J connectivity index is 3.81. The van der Waals surface area contributed by atoms with Crippen molar-refractivity contribution >= 4 is 6.09 Å². The molecule has 0 saturated heterocycles. The maximum atomic E-state index is 11.2. The lowest BCUT2D eigenvalue weighted by atomic mass is 10.2. The third-order valence-electron chi connectivity index (χ3n) is 1.47. The highest BCUT2D eigenvalue weighted by atomic mass is 16.6. The molecule has 0 aliphatic carbocycles. The Morgan fingerprint density at radius 3 is 2.29 bits per heavy atom. The summed E-state index contributed by atoms with van der Waals surface area (Å²) in [5.74, 6) is 0. The van der Waals surface area contributed by atoms with E-state index >= 15 is 0 Å². The van der Waals surface area contributed by atoms with Crippen LogP contribution in [0, 0.1) is 0 Å². The number of hydrogen-bond acceptors (Lipinski definition) is 3. The van der Waals surface area contributed by atoms with E-state index in [1.54, 1.807) is 0 Å². The van der Waals surface area contributed by atoms with Crippen molar-refractivity contribution in [2.24, 2.45) is 0 Å². The van der Waals surface area contributed by atoms with Crippen LogP contribution in [0.4, 0.5) is 4.79 Å². The van der Waals surface area contributed by atoms with Crippen molar-refractivity contribution in [3.05, 3.63) is 12.3 Å². The van der Waals surface area contributed by atoms with Gasteiger partial charge in [-0.2, -0.15) is 0 Å². The molecule has 0 rings (SSSR count). The SMILES string of the molecule is C=C(CNC(=O)OC(C)(C)C)N(C)C. The molecule has 0 bridgehead atoms. The predicted octanol–water partition coefficient (Wildman–Crippen LogP) is 1.59. The van der Waals surface area contributed by atoms with Crippen LogP contribution in [0.5, 0.6) is 0 Å². The molecule has 0 heterocycles. The van der Waals surface area contributed by atoms with Gasteiger partial charge >= 0.3 is 6.09 Å². The summed E-state index contributed by atoms with van der Waals surface area (Å²) in [6.07, 6.45) is -0.416. The maximum Gasteiger partial charge on any atom is 0.407 e. The molecule has 1 N–H and O–H groups in total. The van der Waals surface area contributed by atoms with Crippen molar-refractivity contribution in [1.29, 1.82) is 0 Å². The minimum atomic E-state index is -0.455. The van der Waals surface area contributed by atoms with Crippen LogP contribution in [-0.4, -0.2) is 37.2 Å². The van der Waals surface area contributed by atoms with E-state index in [4.69, 9.17) is 4.74 Å². The molecular formula is C10H20N2O2. The summed E-state index contributed by atoms with van der Waals surface area (Å²) >= 11 is 0. The van der Waals surface area contributed by atoms with Crippen molar-refractivity contribution in [3.63, 3.8) is 0 Å². The number of likely N-dealkylation sites (N-methyl/N-ethyl adjacent to an activating group) is 1. The topological polar surface area (TPSA) is 41.6 Å². The van der Waals surface area contributed by atoms with Crippen molar-refractivity contribution < 1.29 is 9.53 Å². The molecular weight excluding hydrogens is 180 g/mol. The van der Waals surface area contributed by atoms with Gasteiger partial charge in [0.05, 0.1) is 6.54 Å². The van der Waals surface area contributed by atoms with E-state index in [-0.39, 0.29) is 0 Å². The van der Waals surface area contributed by atoms with Gasteiger partial charge in [0.1, 0.15) is 5.60 Å². The Labute approximate surface area is 85.9 Å². The molecule has 82 valence electrons. The largest absolute Gasteiger partial charge is 0.444 e. The predicted molar refractivity (Wildman–Crippen MR) is 57.1 cm³/mol. The first-order chi connectivity index (χ1) is 6.22. The van der Waals surface area contributed by atoms with E-state index in [2.05, 4.69) is 11.9 Å². The van der Waals surface area contributed by atoms with Crippen molar-refractivity contribution in [2.75, 3.05) is 20.6 Å². The minimum Gasteiger partial charge on any atom is -0.444 e. The van der Waals surface area contributed by atoms with E-state index in [9.17, 15) is 4.79 Å². The van der Waals surface area contributed by atoms with E-state index in [0.29, 0.717) is 6.54 Å². The summed E-state index contributed by atoms with van der Waals surface area (Å²) in [5, 5.41) is 2.62. The number of ether oxygens (including phenoxy) is 1. The molecule has 0 atom stereocenters. The summed E-state index contributed by atoms with van der Waals surface area (Å²) in [7, 11) is 3.75. The zero-order valence-corrected chi connectivity index (χ0v) is 9.68. The number of nitrogens with one attached hydrogen (secondary N) is 1. The molecule has 0 aromatic heterocycles. The smallest absolute Gasteiger partial charge is 0.407 e. The van der Waals surface area contributed by atoms with Gasteiger partial charge in [0.15, 0.2) is 0 Å². The third kappa shape index (κ3) is 6.34. The van der Waals surface area contributed by atoms with Gasteiger partial charge < -0.3 is 15.0 Å². The third-order valence-corrected chi connectivity index (χ3v) is 1.47. The second-order valence-electron chi connectivity index (χ2n) is 4.32.